The lowest BCUT2D eigenvalue weighted by Gasteiger charge is -2.29. The lowest BCUT2D eigenvalue weighted by molar-refractivity contribution is 0.163. The molecule has 1 aliphatic rings. The number of anilines is 2. The molecule has 1 unspecified atom stereocenters. The minimum Gasteiger partial charge on any atom is -0.448 e. The fourth-order valence-corrected chi connectivity index (χ4v) is 4.05. The van der Waals surface area contributed by atoms with Gasteiger partial charge in [0.2, 0.25) is 5.96 Å². The molecule has 0 aliphatic carbocycles. The highest BCUT2D eigenvalue weighted by molar-refractivity contribution is 6.14. The number of benzene rings is 2. The number of carbonyl (C=O) groups is 1. The van der Waals surface area contributed by atoms with Gasteiger partial charge in [0.15, 0.2) is 0 Å². The van der Waals surface area contributed by atoms with Gasteiger partial charge in [0.25, 0.3) is 0 Å². The van der Waals surface area contributed by atoms with Crippen molar-refractivity contribution in [3.8, 4) is 0 Å². The Morgan fingerprint density at radius 3 is 2.03 bits per heavy atom. The van der Waals surface area contributed by atoms with Gasteiger partial charge in [0.1, 0.15) is 0 Å². The normalized spacial score (nSPS) is 17.9. The van der Waals surface area contributed by atoms with Crippen LogP contribution in [0.1, 0.15) is 29.2 Å². The lowest BCUT2D eigenvalue weighted by atomic mass is 10.1. The van der Waals surface area contributed by atoms with Crippen molar-refractivity contribution in [1.29, 1.82) is 0 Å². The smallest absolute Gasteiger partial charge is 0.436 e. The van der Waals surface area contributed by atoms with Crippen LogP contribution in [-0.2, 0) is 4.74 Å². The van der Waals surface area contributed by atoms with Crippen molar-refractivity contribution >= 4 is 23.4 Å². The Kier molecular flexibility index (Phi) is 6.23. The van der Waals surface area contributed by atoms with Crippen LogP contribution in [0.5, 0.6) is 0 Å². The van der Waals surface area contributed by atoms with E-state index in [1.165, 1.54) is 0 Å². The van der Waals surface area contributed by atoms with Gasteiger partial charge in [0, 0.05) is 12.2 Å². The Bertz CT molecular complexity index is 898. The Morgan fingerprint density at radius 2 is 1.55 bits per heavy atom. The molecule has 0 saturated carbocycles. The van der Waals surface area contributed by atoms with E-state index in [1.54, 1.807) is 6.92 Å². The first-order valence-electron chi connectivity index (χ1n) is 9.94. The number of aliphatic imine (C=N–C) groups is 1. The number of aliphatic hydroxyl groups excluding tert-OH is 1. The van der Waals surface area contributed by atoms with Crippen molar-refractivity contribution in [3.05, 3.63) is 58.7 Å². The Labute approximate surface area is 172 Å². The van der Waals surface area contributed by atoms with Crippen LogP contribution in [-0.4, -0.2) is 43.0 Å². The van der Waals surface area contributed by atoms with E-state index in [0.717, 1.165) is 33.6 Å². The second-order valence-electron chi connectivity index (χ2n) is 7.41. The molecule has 0 aromatic heterocycles. The molecule has 1 atom stereocenters. The molecule has 1 heterocycles. The van der Waals surface area contributed by atoms with Crippen LogP contribution in [0.15, 0.2) is 41.4 Å². The van der Waals surface area contributed by atoms with E-state index in [-0.39, 0.29) is 19.3 Å². The van der Waals surface area contributed by atoms with Gasteiger partial charge in [-0.05, 0) is 56.9 Å². The SMILES string of the molecule is CCOC(=O)N=C1N(c2c(C)cccc2C)CC(CO)N1c1c(C)cccc1C. The van der Waals surface area contributed by atoms with Gasteiger partial charge in [-0.1, -0.05) is 36.4 Å². The Morgan fingerprint density at radius 1 is 1.03 bits per heavy atom. The predicted molar refractivity (Wildman–Crippen MR) is 117 cm³/mol. The van der Waals surface area contributed by atoms with Crippen LogP contribution >= 0.6 is 0 Å². The van der Waals surface area contributed by atoms with Crippen LogP contribution in [0.4, 0.5) is 16.2 Å². The quantitative estimate of drug-likeness (QED) is 0.844. The molecule has 6 nitrogen and oxygen atoms in total. The minimum absolute atomic E-state index is 0.0585. The van der Waals surface area contributed by atoms with Crippen molar-refractivity contribution in [3.63, 3.8) is 0 Å². The van der Waals surface area contributed by atoms with Crippen LogP contribution in [0.2, 0.25) is 0 Å². The number of rotatable bonds is 4. The monoisotopic (exact) mass is 395 g/mol. The third-order valence-electron chi connectivity index (χ3n) is 5.28. The average Bonchev–Trinajstić information content (AvgIpc) is 3.00. The van der Waals surface area contributed by atoms with Crippen molar-refractivity contribution < 1.29 is 14.6 Å². The maximum Gasteiger partial charge on any atom is 0.436 e. The summed E-state index contributed by atoms with van der Waals surface area (Å²) in [5, 5.41) is 10.2. The summed E-state index contributed by atoms with van der Waals surface area (Å²) in [4.78, 5) is 20.7. The highest BCUT2D eigenvalue weighted by Crippen LogP contribution is 2.35. The molecule has 1 aliphatic heterocycles. The fourth-order valence-electron chi connectivity index (χ4n) is 4.05. The molecule has 6 heteroatoms. The summed E-state index contributed by atoms with van der Waals surface area (Å²) in [6.07, 6.45) is -0.631. The molecule has 3 rings (SSSR count). The molecule has 2 aromatic carbocycles. The summed E-state index contributed by atoms with van der Waals surface area (Å²) in [7, 11) is 0. The first kappa shape index (κ1) is 20.9. The molecule has 0 bridgehead atoms. The molecule has 1 amide bonds. The van der Waals surface area contributed by atoms with Gasteiger partial charge in [-0.25, -0.2) is 4.79 Å². The van der Waals surface area contributed by atoms with Crippen LogP contribution in [0.25, 0.3) is 0 Å². The van der Waals surface area contributed by atoms with Crippen molar-refractivity contribution in [1.82, 2.24) is 0 Å². The molecule has 1 N–H and O–H groups in total. The predicted octanol–water partition coefficient (Wildman–Crippen LogP) is 4.12. The molecule has 1 saturated heterocycles. The zero-order chi connectivity index (χ0) is 21.1. The zero-order valence-electron chi connectivity index (χ0n) is 17.8. The molecule has 1 fully saturated rings. The Balaban J connectivity index is 2.22. The first-order chi connectivity index (χ1) is 13.9. The number of carbonyl (C=O) groups excluding carboxylic acids is 1. The van der Waals surface area contributed by atoms with Crippen LogP contribution < -0.4 is 9.80 Å². The second kappa shape index (κ2) is 8.66. The molecule has 2 aromatic rings. The number of nitrogens with zero attached hydrogens (tertiary/aromatic N) is 3. The number of amides is 1. The molecular formula is C23H29N3O3. The number of aliphatic hydroxyl groups is 1. The van der Waals surface area contributed by atoms with Gasteiger partial charge < -0.3 is 19.6 Å². The highest BCUT2D eigenvalue weighted by atomic mass is 16.5. The lowest BCUT2D eigenvalue weighted by Crippen LogP contribution is -2.40. The van der Waals surface area contributed by atoms with E-state index in [2.05, 4.69) is 4.99 Å². The maximum atomic E-state index is 12.4. The largest absolute Gasteiger partial charge is 0.448 e. The van der Waals surface area contributed by atoms with E-state index in [0.29, 0.717) is 12.5 Å². The molecule has 0 radical (unpaired) electrons. The summed E-state index contributed by atoms with van der Waals surface area (Å²) in [6.45, 7) is 10.6. The maximum absolute atomic E-state index is 12.4. The third-order valence-corrected chi connectivity index (χ3v) is 5.28. The van der Waals surface area contributed by atoms with Crippen molar-refractivity contribution in [2.75, 3.05) is 29.6 Å². The van der Waals surface area contributed by atoms with Gasteiger partial charge in [-0.2, -0.15) is 0 Å². The molecule has 29 heavy (non-hydrogen) atoms. The highest BCUT2D eigenvalue weighted by Gasteiger charge is 2.39. The van der Waals surface area contributed by atoms with E-state index < -0.39 is 6.09 Å². The van der Waals surface area contributed by atoms with Crippen molar-refractivity contribution in [2.45, 2.75) is 40.7 Å². The first-order valence-corrected chi connectivity index (χ1v) is 9.94. The number of aryl methyl sites for hydroxylation is 4. The Hall–Kier alpha value is -2.86. The van der Waals surface area contributed by atoms with E-state index >= 15 is 0 Å². The number of hydrogen-bond acceptors (Lipinski definition) is 3. The number of hydrogen-bond donors (Lipinski definition) is 1. The van der Waals surface area contributed by atoms with Crippen molar-refractivity contribution in [2.24, 2.45) is 4.99 Å². The van der Waals surface area contributed by atoms with E-state index in [4.69, 9.17) is 4.74 Å². The summed E-state index contributed by atoms with van der Waals surface area (Å²) in [6, 6.07) is 11.9. The standard InChI is InChI=1S/C23H29N3O3/c1-6-29-23(28)24-22-25(20-15(2)9-7-10-16(20)3)13-19(14-27)26(22)21-17(4)11-8-12-18(21)5/h7-12,19,27H,6,13-14H2,1-5H3. The molecule has 154 valence electrons. The number of guanidine groups is 1. The summed E-state index contributed by atoms with van der Waals surface area (Å²) in [5.41, 5.74) is 6.25. The van der Waals surface area contributed by atoms with E-state index in [9.17, 15) is 9.90 Å². The number of ether oxygens (including phenoxy) is 1. The fraction of sp³-hybridized carbons (Fsp3) is 0.391. The van der Waals surface area contributed by atoms with Gasteiger partial charge in [-0.15, -0.1) is 4.99 Å². The topological polar surface area (TPSA) is 65.4 Å². The van der Waals surface area contributed by atoms with Gasteiger partial charge in [-0.3, -0.25) is 0 Å². The zero-order valence-corrected chi connectivity index (χ0v) is 17.8. The second-order valence-corrected chi connectivity index (χ2v) is 7.41. The number of para-hydroxylation sites is 2. The van der Waals surface area contributed by atoms with Gasteiger partial charge in [0.05, 0.1) is 24.9 Å². The average molecular weight is 396 g/mol. The molecular weight excluding hydrogens is 366 g/mol. The van der Waals surface area contributed by atoms with Crippen LogP contribution in [0, 0.1) is 27.7 Å². The minimum atomic E-state index is -0.631. The summed E-state index contributed by atoms with van der Waals surface area (Å²) >= 11 is 0. The summed E-state index contributed by atoms with van der Waals surface area (Å²) in [5.74, 6) is 0.484. The molecule has 0 spiro atoms. The summed E-state index contributed by atoms with van der Waals surface area (Å²) < 4.78 is 5.12. The van der Waals surface area contributed by atoms with E-state index in [1.807, 2.05) is 73.9 Å². The third kappa shape index (κ3) is 3.98. The van der Waals surface area contributed by atoms with Gasteiger partial charge >= 0.3 is 6.09 Å². The van der Waals surface area contributed by atoms with Crippen LogP contribution in [0.3, 0.4) is 0 Å².